The van der Waals surface area contributed by atoms with E-state index < -0.39 is 15.3 Å². The maximum absolute atomic E-state index is 8.25. The topological polar surface area (TPSA) is 482 Å². The molecule has 21 nitrogen and oxygen atoms in total. The van der Waals surface area contributed by atoms with Crippen molar-refractivity contribution in [1.29, 1.82) is 0 Å². The number of nitrogens with zero attached hydrogens (tertiary/aromatic N) is 3. The van der Waals surface area contributed by atoms with Crippen LogP contribution in [0.25, 0.3) is 0 Å². The van der Waals surface area contributed by atoms with E-state index in [2.05, 4.69) is 0 Å². The smallest absolute Gasteiger partial charge is 0.0689 e. The van der Waals surface area contributed by atoms with Crippen molar-refractivity contribution in [2.75, 3.05) is 0 Å². The Bertz CT molecular complexity index is 116. The summed E-state index contributed by atoms with van der Waals surface area (Å²) in [5, 5.41) is 44.2. The second-order valence-corrected chi connectivity index (χ2v) is 0.671. The van der Waals surface area contributed by atoms with E-state index in [1.807, 2.05) is 0 Å². The van der Waals surface area contributed by atoms with Gasteiger partial charge in [0.05, 0.1) is 15.3 Å². The van der Waals surface area contributed by atoms with Crippen LogP contribution < -0.4 is 0 Å². The summed E-state index contributed by atoms with van der Waals surface area (Å²) in [6.07, 6.45) is 0. The summed E-state index contributed by atoms with van der Waals surface area (Å²) in [7, 11) is 0. The third-order valence-corrected chi connectivity index (χ3v) is 0. The van der Waals surface area contributed by atoms with Gasteiger partial charge in [-0.15, -0.1) is 0 Å². The van der Waals surface area contributed by atoms with Crippen LogP contribution in [0.4, 0.5) is 0 Å². The SMILES string of the molecule is O.O.O.O.O.O.O.O.O.O=[N+]([O-])[O-].O=[N+]([O-])[O-].O=[N+]([O-])[O-].[Al]. The fourth-order valence-electron chi connectivity index (χ4n) is 0. The Labute approximate surface area is 129 Å². The normalized spacial score (nSPS) is 3.27. The molecule has 0 heterocycles. The lowest BCUT2D eigenvalue weighted by Gasteiger charge is -1.74. The third-order valence-electron chi connectivity index (χ3n) is 0. The highest BCUT2D eigenvalue weighted by molar-refractivity contribution is 5.75. The minimum Gasteiger partial charge on any atom is -0.412 e. The van der Waals surface area contributed by atoms with Crippen molar-refractivity contribution in [3.63, 3.8) is 0 Å². The van der Waals surface area contributed by atoms with Gasteiger partial charge in [0.25, 0.3) is 0 Å². The van der Waals surface area contributed by atoms with Crippen LogP contribution in [0.5, 0.6) is 0 Å². The Balaban J connectivity index is -0.00000000409. The molecule has 0 aliphatic heterocycles. The lowest BCUT2D eigenvalue weighted by Crippen LogP contribution is -1.74. The zero-order chi connectivity index (χ0) is 10.7. The van der Waals surface area contributed by atoms with Gasteiger partial charge in [0.1, 0.15) is 0 Å². The summed E-state index contributed by atoms with van der Waals surface area (Å²) >= 11 is 0. The highest BCUT2D eigenvalue weighted by atomic mass is 27.0. The molecule has 0 amide bonds. The summed E-state index contributed by atoms with van der Waals surface area (Å²) in [5.74, 6) is 0. The van der Waals surface area contributed by atoms with Crippen LogP contribution in [-0.2, 0) is 0 Å². The molecule has 147 valence electrons. The molecule has 0 saturated heterocycles. The zero-order valence-corrected chi connectivity index (χ0v) is 11.2. The first-order chi connectivity index (χ1) is 5.20. The molecule has 0 spiro atoms. The molecular weight excluding hydrogens is 357 g/mol. The highest BCUT2D eigenvalue weighted by Gasteiger charge is 1.46. The van der Waals surface area contributed by atoms with Gasteiger partial charge in [-0.1, -0.05) is 0 Å². The lowest BCUT2D eigenvalue weighted by molar-refractivity contribution is -0.403. The Morgan fingerprint density at radius 1 is 0.364 bits per heavy atom. The van der Waals surface area contributed by atoms with E-state index in [0.717, 1.165) is 0 Å². The number of hydrogen-bond donors (Lipinski definition) is 0. The van der Waals surface area contributed by atoms with Crippen LogP contribution in [-0.4, -0.2) is 81.9 Å². The van der Waals surface area contributed by atoms with Crippen LogP contribution in [0.15, 0.2) is 0 Å². The molecule has 0 atom stereocenters. The summed E-state index contributed by atoms with van der Waals surface area (Å²) in [5.41, 5.74) is 0. The van der Waals surface area contributed by atoms with Crippen molar-refractivity contribution in [2.24, 2.45) is 0 Å². The van der Waals surface area contributed by atoms with Gasteiger partial charge in [-0.2, -0.15) is 0 Å². The van der Waals surface area contributed by atoms with Crippen LogP contribution >= 0.6 is 0 Å². The van der Waals surface area contributed by atoms with E-state index in [4.69, 9.17) is 46.0 Å². The Morgan fingerprint density at radius 2 is 0.364 bits per heavy atom. The van der Waals surface area contributed by atoms with Gasteiger partial charge in [-0.3, -0.25) is 0 Å². The fraction of sp³-hybridized carbons (Fsp3) is 0. The van der Waals surface area contributed by atoms with E-state index in [0.29, 0.717) is 0 Å². The van der Waals surface area contributed by atoms with E-state index in [1.54, 1.807) is 0 Å². The molecular formula is H18AlN3O18-3. The van der Waals surface area contributed by atoms with E-state index in [-0.39, 0.29) is 66.6 Å². The predicted molar refractivity (Wildman–Crippen MR) is 69.4 cm³/mol. The second kappa shape index (κ2) is 129. The first kappa shape index (κ1) is 152. The van der Waals surface area contributed by atoms with Crippen molar-refractivity contribution < 1.29 is 64.5 Å². The molecule has 0 aliphatic rings. The first-order valence-electron chi connectivity index (χ1n) is 1.64. The summed E-state index contributed by atoms with van der Waals surface area (Å²) in [4.78, 5) is 24.8. The standard InChI is InChI=1S/Al.3NO3.9H2O/c;3*2-1(3)4;;;;;;;;;/h;;;;9*1H2/q;3*-1;;;;;;;;;. The predicted octanol–water partition coefficient (Wildman–Crippen LogP) is -8.52. The Kier molecular flexibility index (Phi) is 893. The van der Waals surface area contributed by atoms with Gasteiger partial charge < -0.3 is 95.3 Å². The Hall–Kier alpha value is -2.23. The molecule has 0 fully saturated rings. The number of rotatable bonds is 0. The molecule has 0 aromatic heterocycles. The van der Waals surface area contributed by atoms with Crippen molar-refractivity contribution in [3.05, 3.63) is 46.0 Å². The minimum atomic E-state index is -1.75. The Morgan fingerprint density at radius 3 is 0.364 bits per heavy atom. The molecule has 0 saturated carbocycles. The monoisotopic (exact) mass is 375 g/mol. The maximum Gasteiger partial charge on any atom is 0.0689 e. The van der Waals surface area contributed by atoms with E-state index in [1.165, 1.54) is 0 Å². The molecule has 0 aliphatic carbocycles. The van der Waals surface area contributed by atoms with Crippen LogP contribution in [0, 0.1) is 46.0 Å². The molecule has 22 heteroatoms. The zero-order valence-electron chi connectivity index (χ0n) is 10.1. The van der Waals surface area contributed by atoms with Gasteiger partial charge >= 0.3 is 0 Å². The average Bonchev–Trinajstić information content (AvgIpc) is 1.54. The van der Waals surface area contributed by atoms with Crippen LogP contribution in [0.1, 0.15) is 0 Å². The van der Waals surface area contributed by atoms with Crippen LogP contribution in [0.2, 0.25) is 0 Å². The fourth-order valence-corrected chi connectivity index (χ4v) is 0. The highest BCUT2D eigenvalue weighted by Crippen LogP contribution is 1.45. The molecule has 0 rings (SSSR count). The van der Waals surface area contributed by atoms with Gasteiger partial charge in [0.15, 0.2) is 0 Å². The third kappa shape index (κ3) is 1010. The molecule has 0 aromatic carbocycles. The second-order valence-electron chi connectivity index (χ2n) is 0.671. The molecule has 0 unspecified atom stereocenters. The van der Waals surface area contributed by atoms with Gasteiger partial charge in [0.2, 0.25) is 0 Å². The summed E-state index contributed by atoms with van der Waals surface area (Å²) in [6.45, 7) is 0. The van der Waals surface area contributed by atoms with E-state index >= 15 is 0 Å². The van der Waals surface area contributed by atoms with Crippen molar-refractivity contribution in [2.45, 2.75) is 0 Å². The molecule has 18 N–H and O–H groups in total. The minimum absolute atomic E-state index is 0. The van der Waals surface area contributed by atoms with Gasteiger partial charge in [-0.25, -0.2) is 0 Å². The first-order valence-corrected chi connectivity index (χ1v) is 1.64. The average molecular weight is 375 g/mol. The number of hydrogen-bond acceptors (Lipinski definition) is 9. The summed E-state index contributed by atoms with van der Waals surface area (Å²) < 4.78 is 0. The quantitative estimate of drug-likeness (QED) is 0.220. The van der Waals surface area contributed by atoms with Crippen molar-refractivity contribution >= 4 is 17.4 Å². The van der Waals surface area contributed by atoms with Gasteiger partial charge in [0, 0.05) is 17.4 Å². The molecule has 0 aromatic rings. The van der Waals surface area contributed by atoms with Gasteiger partial charge in [-0.05, 0) is 0 Å². The van der Waals surface area contributed by atoms with E-state index in [9.17, 15) is 0 Å². The maximum atomic E-state index is 8.25. The van der Waals surface area contributed by atoms with Crippen molar-refractivity contribution in [3.8, 4) is 0 Å². The molecule has 3 radical (unpaired) electrons. The molecule has 22 heavy (non-hydrogen) atoms. The lowest BCUT2D eigenvalue weighted by atomic mass is 13.1. The largest absolute Gasteiger partial charge is 0.412 e. The van der Waals surface area contributed by atoms with Crippen LogP contribution in [0.3, 0.4) is 0 Å². The van der Waals surface area contributed by atoms with Crippen molar-refractivity contribution in [1.82, 2.24) is 0 Å². The molecule has 0 bridgehead atoms. The summed E-state index contributed by atoms with van der Waals surface area (Å²) in [6, 6.07) is 0.